The molecule has 0 aliphatic rings. The molecule has 28 heavy (non-hydrogen) atoms. The van der Waals surface area contributed by atoms with Crippen molar-refractivity contribution in [2.75, 3.05) is 5.32 Å². The van der Waals surface area contributed by atoms with E-state index >= 15 is 0 Å². The Hall–Kier alpha value is -3.03. The predicted molar refractivity (Wildman–Crippen MR) is 101 cm³/mol. The number of alkyl halides is 3. The Morgan fingerprint density at radius 3 is 2.32 bits per heavy atom. The SMILES string of the molecule is Cc1ccc(-n2nc(C)cc2NC(=O)c2cn(C(C)C)cc2C(F)(F)F)cc1. The smallest absolute Gasteiger partial charge is 0.350 e. The first-order chi connectivity index (χ1) is 13.1. The molecule has 3 rings (SSSR count). The minimum Gasteiger partial charge on any atom is -0.350 e. The highest BCUT2D eigenvalue weighted by atomic mass is 19.4. The van der Waals surface area contributed by atoms with Gasteiger partial charge in [0.1, 0.15) is 5.82 Å². The number of rotatable bonds is 4. The number of amides is 1. The monoisotopic (exact) mass is 390 g/mol. The second-order valence-electron chi connectivity index (χ2n) is 7.00. The molecule has 0 atom stereocenters. The van der Waals surface area contributed by atoms with Gasteiger partial charge >= 0.3 is 6.18 Å². The summed E-state index contributed by atoms with van der Waals surface area (Å²) in [5.41, 5.74) is 1.01. The lowest BCUT2D eigenvalue weighted by molar-refractivity contribution is -0.137. The number of aryl methyl sites for hydroxylation is 2. The van der Waals surface area contributed by atoms with Crippen LogP contribution in [0.3, 0.4) is 0 Å². The van der Waals surface area contributed by atoms with E-state index < -0.39 is 23.2 Å². The first-order valence-corrected chi connectivity index (χ1v) is 8.80. The Labute approximate surface area is 160 Å². The molecule has 1 N–H and O–H groups in total. The molecule has 0 aliphatic heterocycles. The lowest BCUT2D eigenvalue weighted by atomic mass is 10.2. The van der Waals surface area contributed by atoms with E-state index in [0.717, 1.165) is 11.8 Å². The molecule has 0 spiro atoms. The van der Waals surface area contributed by atoms with Gasteiger partial charge in [0, 0.05) is 24.5 Å². The molecule has 8 heteroatoms. The van der Waals surface area contributed by atoms with Gasteiger partial charge < -0.3 is 9.88 Å². The van der Waals surface area contributed by atoms with Gasteiger partial charge in [-0.25, -0.2) is 4.68 Å². The van der Waals surface area contributed by atoms with Crippen LogP contribution in [0.15, 0.2) is 42.7 Å². The summed E-state index contributed by atoms with van der Waals surface area (Å²) in [5, 5.41) is 6.91. The lowest BCUT2D eigenvalue weighted by Crippen LogP contribution is -2.18. The number of halogens is 3. The highest BCUT2D eigenvalue weighted by Gasteiger charge is 2.37. The third-order valence-electron chi connectivity index (χ3n) is 4.34. The first-order valence-electron chi connectivity index (χ1n) is 8.80. The number of hydrogen-bond acceptors (Lipinski definition) is 2. The summed E-state index contributed by atoms with van der Waals surface area (Å²) >= 11 is 0. The molecule has 2 heterocycles. The topological polar surface area (TPSA) is 51.9 Å². The first kappa shape index (κ1) is 19.7. The van der Waals surface area contributed by atoms with Crippen LogP contribution in [-0.4, -0.2) is 20.3 Å². The summed E-state index contributed by atoms with van der Waals surface area (Å²) in [5.74, 6) is -0.531. The van der Waals surface area contributed by atoms with E-state index in [2.05, 4.69) is 10.4 Å². The fourth-order valence-electron chi connectivity index (χ4n) is 2.83. The molecule has 0 aliphatic carbocycles. The summed E-state index contributed by atoms with van der Waals surface area (Å²) in [6.45, 7) is 7.19. The van der Waals surface area contributed by atoms with Crippen molar-refractivity contribution < 1.29 is 18.0 Å². The summed E-state index contributed by atoms with van der Waals surface area (Å²) < 4.78 is 43.1. The zero-order valence-corrected chi connectivity index (χ0v) is 16.0. The number of anilines is 1. The molecule has 5 nitrogen and oxygen atoms in total. The van der Waals surface area contributed by atoms with Crippen molar-refractivity contribution in [3.8, 4) is 5.69 Å². The average Bonchev–Trinajstić information content (AvgIpc) is 3.19. The number of benzene rings is 1. The highest BCUT2D eigenvalue weighted by molar-refractivity contribution is 6.05. The maximum Gasteiger partial charge on any atom is 0.418 e. The second-order valence-corrected chi connectivity index (χ2v) is 7.00. The van der Waals surface area contributed by atoms with Gasteiger partial charge in [0.25, 0.3) is 5.91 Å². The van der Waals surface area contributed by atoms with E-state index in [4.69, 9.17) is 0 Å². The molecule has 0 unspecified atom stereocenters. The number of carbonyl (C=O) groups excluding carboxylic acids is 1. The number of hydrogen-bond donors (Lipinski definition) is 1. The van der Waals surface area contributed by atoms with Gasteiger partial charge in [-0.3, -0.25) is 4.79 Å². The van der Waals surface area contributed by atoms with Crippen LogP contribution in [0, 0.1) is 13.8 Å². The maximum absolute atomic E-state index is 13.4. The molecule has 148 valence electrons. The van der Waals surface area contributed by atoms with Gasteiger partial charge in [0.15, 0.2) is 0 Å². The Bertz CT molecular complexity index is 998. The summed E-state index contributed by atoms with van der Waals surface area (Å²) in [6.07, 6.45) is -2.44. The van der Waals surface area contributed by atoms with E-state index in [1.54, 1.807) is 26.8 Å². The van der Waals surface area contributed by atoms with Crippen LogP contribution in [-0.2, 0) is 6.18 Å². The van der Waals surface area contributed by atoms with E-state index in [1.165, 1.54) is 15.4 Å². The van der Waals surface area contributed by atoms with Crippen LogP contribution in [0.5, 0.6) is 0 Å². The average molecular weight is 390 g/mol. The molecule has 3 aromatic rings. The van der Waals surface area contributed by atoms with E-state index in [1.807, 2.05) is 31.2 Å². The summed E-state index contributed by atoms with van der Waals surface area (Å²) in [7, 11) is 0. The third kappa shape index (κ3) is 3.95. The van der Waals surface area contributed by atoms with Gasteiger partial charge in [-0.15, -0.1) is 0 Å². The minimum absolute atomic E-state index is 0.206. The molecule has 1 aromatic carbocycles. The van der Waals surface area contributed by atoms with Crippen LogP contribution >= 0.6 is 0 Å². The summed E-state index contributed by atoms with van der Waals surface area (Å²) in [6, 6.07) is 8.85. The number of nitrogens with one attached hydrogen (secondary N) is 1. The zero-order chi connectivity index (χ0) is 20.6. The third-order valence-corrected chi connectivity index (χ3v) is 4.34. The van der Waals surface area contributed by atoms with Gasteiger partial charge in [0.05, 0.1) is 22.5 Å². The number of aromatic nitrogens is 3. The molecule has 0 bridgehead atoms. The molecule has 0 saturated heterocycles. The van der Waals surface area contributed by atoms with Crippen LogP contribution in [0.1, 0.15) is 47.1 Å². The van der Waals surface area contributed by atoms with Crippen molar-refractivity contribution in [3.05, 3.63) is 65.1 Å². The van der Waals surface area contributed by atoms with E-state index in [9.17, 15) is 18.0 Å². The van der Waals surface area contributed by atoms with Gasteiger partial charge in [-0.05, 0) is 39.8 Å². The normalized spacial score (nSPS) is 11.9. The standard InChI is InChI=1S/C20H21F3N4O/c1-12(2)26-10-16(17(11-26)20(21,22)23)19(28)24-18-9-14(4)25-27(18)15-7-5-13(3)6-8-15/h5-12H,1-4H3,(H,24,28). The van der Waals surface area contributed by atoms with Crippen LogP contribution in [0.4, 0.5) is 19.0 Å². The van der Waals surface area contributed by atoms with Crippen molar-refractivity contribution in [2.24, 2.45) is 0 Å². The number of carbonyl (C=O) groups is 1. The Morgan fingerprint density at radius 1 is 1.11 bits per heavy atom. The second kappa shape index (κ2) is 7.18. The molecular formula is C20H21F3N4O. The lowest BCUT2D eigenvalue weighted by Gasteiger charge is -2.10. The van der Waals surface area contributed by atoms with Gasteiger partial charge in [-0.1, -0.05) is 17.7 Å². The maximum atomic E-state index is 13.4. The Balaban J connectivity index is 1.98. The molecule has 1 amide bonds. The Morgan fingerprint density at radius 2 is 1.75 bits per heavy atom. The fourth-order valence-corrected chi connectivity index (χ4v) is 2.83. The van der Waals surface area contributed by atoms with Crippen molar-refractivity contribution in [3.63, 3.8) is 0 Å². The Kier molecular flexibility index (Phi) is 5.06. The molecule has 2 aromatic heterocycles. The highest BCUT2D eigenvalue weighted by Crippen LogP contribution is 2.34. The van der Waals surface area contributed by atoms with Crippen LogP contribution < -0.4 is 5.32 Å². The minimum atomic E-state index is -4.63. The van der Waals surface area contributed by atoms with Crippen molar-refractivity contribution in [1.29, 1.82) is 0 Å². The zero-order valence-electron chi connectivity index (χ0n) is 16.0. The number of nitrogens with zero attached hydrogens (tertiary/aromatic N) is 3. The van der Waals surface area contributed by atoms with Gasteiger partial charge in [0.2, 0.25) is 0 Å². The van der Waals surface area contributed by atoms with Crippen molar-refractivity contribution >= 4 is 11.7 Å². The molecular weight excluding hydrogens is 369 g/mol. The summed E-state index contributed by atoms with van der Waals surface area (Å²) in [4.78, 5) is 12.7. The van der Waals surface area contributed by atoms with Gasteiger partial charge in [-0.2, -0.15) is 18.3 Å². The molecule has 0 radical (unpaired) electrons. The van der Waals surface area contributed by atoms with E-state index in [0.29, 0.717) is 17.2 Å². The predicted octanol–water partition coefficient (Wildman–Crippen LogP) is 5.14. The quantitative estimate of drug-likeness (QED) is 0.670. The van der Waals surface area contributed by atoms with Crippen molar-refractivity contribution in [1.82, 2.24) is 14.3 Å². The van der Waals surface area contributed by atoms with Crippen molar-refractivity contribution in [2.45, 2.75) is 39.9 Å². The van der Waals surface area contributed by atoms with E-state index in [-0.39, 0.29) is 6.04 Å². The largest absolute Gasteiger partial charge is 0.418 e. The van der Waals surface area contributed by atoms with Crippen LogP contribution in [0.25, 0.3) is 5.69 Å². The van der Waals surface area contributed by atoms with Crippen LogP contribution in [0.2, 0.25) is 0 Å². The fraction of sp³-hybridized carbons (Fsp3) is 0.300. The molecule has 0 saturated carbocycles. The molecule has 0 fully saturated rings.